The predicted octanol–water partition coefficient (Wildman–Crippen LogP) is 5.39. The van der Waals surface area contributed by atoms with Gasteiger partial charge < -0.3 is 19.2 Å². The zero-order chi connectivity index (χ0) is 23.5. The van der Waals surface area contributed by atoms with Crippen LogP contribution in [0.15, 0.2) is 63.6 Å². The lowest BCUT2D eigenvalue weighted by Gasteiger charge is -2.23. The molecule has 3 heterocycles. The molecule has 1 aliphatic rings. The number of aryl methyl sites for hydroxylation is 1. The van der Waals surface area contributed by atoms with Crippen LogP contribution in [0.5, 0.6) is 11.5 Å². The highest BCUT2D eigenvalue weighted by molar-refractivity contribution is 8.00. The van der Waals surface area contributed by atoms with E-state index < -0.39 is 11.4 Å². The van der Waals surface area contributed by atoms with Crippen LogP contribution in [-0.4, -0.2) is 32.9 Å². The van der Waals surface area contributed by atoms with E-state index in [1.54, 1.807) is 6.92 Å². The molecule has 2 aromatic heterocycles. The quantitative estimate of drug-likeness (QED) is 0.342. The number of fused-ring (bicyclic) bond motifs is 1. The van der Waals surface area contributed by atoms with Gasteiger partial charge in [0.2, 0.25) is 12.0 Å². The second-order valence-corrected chi connectivity index (χ2v) is 9.76. The van der Waals surface area contributed by atoms with Gasteiger partial charge in [0, 0.05) is 10.9 Å². The molecule has 2 atom stereocenters. The van der Waals surface area contributed by atoms with Crippen LogP contribution in [0.2, 0.25) is 0 Å². The smallest absolute Gasteiger partial charge is 0.277 e. The van der Waals surface area contributed by atoms with Crippen molar-refractivity contribution in [3.63, 3.8) is 0 Å². The highest BCUT2D eigenvalue weighted by atomic mass is 32.2. The van der Waals surface area contributed by atoms with Crippen molar-refractivity contribution in [1.82, 2.24) is 15.2 Å². The average Bonchev–Trinajstić information content (AvgIpc) is 3.53. The van der Waals surface area contributed by atoms with Crippen LogP contribution < -0.4 is 14.8 Å². The normalized spacial score (nSPS) is 15.6. The Balaban J connectivity index is 1.18. The summed E-state index contributed by atoms with van der Waals surface area (Å²) in [5, 5.41) is 13.3. The van der Waals surface area contributed by atoms with Crippen LogP contribution in [0, 0.1) is 0 Å². The fourth-order valence-corrected chi connectivity index (χ4v) is 4.74. The molecule has 0 fully saturated rings. The van der Waals surface area contributed by atoms with Crippen LogP contribution in [0.25, 0.3) is 11.3 Å². The van der Waals surface area contributed by atoms with Gasteiger partial charge >= 0.3 is 0 Å². The maximum absolute atomic E-state index is 12.7. The van der Waals surface area contributed by atoms with E-state index in [1.165, 1.54) is 28.7 Å². The molecule has 0 saturated heterocycles. The van der Waals surface area contributed by atoms with Crippen molar-refractivity contribution >= 4 is 34.1 Å². The van der Waals surface area contributed by atoms with E-state index in [0.29, 0.717) is 22.5 Å². The SMILES string of the molecule is CCc1ccc(-c2csc(NC(=O)[C@@H](C)Sc3nnc([C@H]4COc5ccccc5O4)o3)n2)cc1. The van der Waals surface area contributed by atoms with Crippen molar-refractivity contribution in [2.24, 2.45) is 0 Å². The van der Waals surface area contributed by atoms with E-state index in [4.69, 9.17) is 13.9 Å². The minimum absolute atomic E-state index is 0.196. The Morgan fingerprint density at radius 3 is 2.76 bits per heavy atom. The molecule has 10 heteroatoms. The van der Waals surface area contributed by atoms with Crippen molar-refractivity contribution in [1.29, 1.82) is 0 Å². The van der Waals surface area contributed by atoms with Crippen LogP contribution in [-0.2, 0) is 11.2 Å². The number of hydrogen-bond donors (Lipinski definition) is 1. The van der Waals surface area contributed by atoms with Gasteiger partial charge in [-0.05, 0) is 31.0 Å². The topological polar surface area (TPSA) is 99.4 Å². The molecule has 5 rings (SSSR count). The molecule has 0 aliphatic carbocycles. The van der Waals surface area contributed by atoms with Crippen LogP contribution in [0.3, 0.4) is 0 Å². The minimum Gasteiger partial charge on any atom is -0.485 e. The third-order valence-electron chi connectivity index (χ3n) is 5.25. The standard InChI is InChI=1S/C24H22N4O4S2/c1-3-15-8-10-16(11-9-15)17-13-33-23(25-17)26-21(29)14(2)34-24-28-27-22(32-24)20-12-30-18-6-4-5-7-19(18)31-20/h4-11,13-14,20H,3,12H2,1-2H3,(H,25,26,29)/t14-,20-/m1/s1. The number of amides is 1. The van der Waals surface area contributed by atoms with E-state index in [1.807, 2.05) is 41.8 Å². The molecule has 2 aromatic carbocycles. The molecule has 0 bridgehead atoms. The van der Waals surface area contributed by atoms with Gasteiger partial charge in [-0.25, -0.2) is 4.98 Å². The van der Waals surface area contributed by atoms with Gasteiger partial charge in [0.25, 0.3) is 11.1 Å². The molecule has 1 N–H and O–H groups in total. The van der Waals surface area contributed by atoms with Crippen molar-refractivity contribution < 1.29 is 18.7 Å². The summed E-state index contributed by atoms with van der Waals surface area (Å²) < 4.78 is 17.3. The van der Waals surface area contributed by atoms with Gasteiger partial charge in [-0.2, -0.15) is 0 Å². The predicted molar refractivity (Wildman–Crippen MR) is 130 cm³/mol. The molecule has 1 aliphatic heterocycles. The number of carbonyl (C=O) groups is 1. The van der Waals surface area contributed by atoms with Gasteiger partial charge in [-0.1, -0.05) is 55.1 Å². The van der Waals surface area contributed by atoms with E-state index in [2.05, 4.69) is 39.6 Å². The molecule has 4 aromatic rings. The molecule has 0 radical (unpaired) electrons. The second-order valence-electron chi connectivity index (χ2n) is 7.61. The zero-order valence-electron chi connectivity index (χ0n) is 18.6. The Kier molecular flexibility index (Phi) is 6.50. The van der Waals surface area contributed by atoms with Crippen molar-refractivity contribution in [2.45, 2.75) is 36.8 Å². The fraction of sp³-hybridized carbons (Fsp3) is 0.250. The number of rotatable bonds is 7. The number of aromatic nitrogens is 3. The number of thioether (sulfide) groups is 1. The first kappa shape index (κ1) is 22.4. The molecule has 0 spiro atoms. The lowest BCUT2D eigenvalue weighted by molar-refractivity contribution is -0.115. The van der Waals surface area contributed by atoms with Gasteiger partial charge in [0.05, 0.1) is 10.9 Å². The Morgan fingerprint density at radius 2 is 1.97 bits per heavy atom. The summed E-state index contributed by atoms with van der Waals surface area (Å²) in [5.74, 6) is 1.42. The average molecular weight is 495 g/mol. The number of carbonyl (C=O) groups excluding carboxylic acids is 1. The highest BCUT2D eigenvalue weighted by Crippen LogP contribution is 2.36. The first-order valence-electron chi connectivity index (χ1n) is 10.8. The number of ether oxygens (including phenoxy) is 2. The van der Waals surface area contributed by atoms with Gasteiger partial charge in [0.15, 0.2) is 16.6 Å². The van der Waals surface area contributed by atoms with Gasteiger partial charge in [-0.3, -0.25) is 4.79 Å². The number of nitrogens with one attached hydrogen (secondary N) is 1. The number of hydrogen-bond acceptors (Lipinski definition) is 9. The second kappa shape index (κ2) is 9.86. The van der Waals surface area contributed by atoms with Gasteiger partial charge in [-0.15, -0.1) is 21.5 Å². The maximum Gasteiger partial charge on any atom is 0.277 e. The van der Waals surface area contributed by atoms with E-state index in [0.717, 1.165) is 17.7 Å². The van der Waals surface area contributed by atoms with Crippen molar-refractivity contribution in [3.05, 3.63) is 65.4 Å². The van der Waals surface area contributed by atoms with Crippen LogP contribution in [0.1, 0.15) is 31.4 Å². The lowest BCUT2D eigenvalue weighted by atomic mass is 10.1. The molecule has 34 heavy (non-hydrogen) atoms. The van der Waals surface area contributed by atoms with Crippen molar-refractivity contribution in [2.75, 3.05) is 11.9 Å². The number of thiazole rings is 1. The molecular formula is C24H22N4O4S2. The summed E-state index contributed by atoms with van der Waals surface area (Å²) in [5.41, 5.74) is 3.13. The first-order chi connectivity index (χ1) is 16.6. The molecular weight excluding hydrogens is 472 g/mol. The summed E-state index contributed by atoms with van der Waals surface area (Å²) in [6, 6.07) is 15.7. The highest BCUT2D eigenvalue weighted by Gasteiger charge is 2.28. The molecule has 1 amide bonds. The van der Waals surface area contributed by atoms with Crippen LogP contribution >= 0.6 is 23.1 Å². The first-order valence-corrected chi connectivity index (χ1v) is 12.6. The summed E-state index contributed by atoms with van der Waals surface area (Å²) in [4.78, 5) is 17.2. The third-order valence-corrected chi connectivity index (χ3v) is 6.94. The summed E-state index contributed by atoms with van der Waals surface area (Å²) >= 11 is 2.57. The number of para-hydroxylation sites is 2. The summed E-state index contributed by atoms with van der Waals surface area (Å²) in [6.07, 6.45) is 0.492. The third kappa shape index (κ3) is 4.92. The van der Waals surface area contributed by atoms with E-state index in [-0.39, 0.29) is 17.7 Å². The number of benzene rings is 2. The fourth-order valence-electron chi connectivity index (χ4n) is 3.33. The maximum atomic E-state index is 12.7. The summed E-state index contributed by atoms with van der Waals surface area (Å²) in [7, 11) is 0. The number of anilines is 1. The van der Waals surface area contributed by atoms with E-state index in [9.17, 15) is 4.79 Å². The minimum atomic E-state index is -0.499. The Morgan fingerprint density at radius 1 is 1.18 bits per heavy atom. The molecule has 174 valence electrons. The van der Waals surface area contributed by atoms with Crippen molar-refractivity contribution in [3.8, 4) is 22.8 Å². The Labute approximate surface area is 204 Å². The Bertz CT molecular complexity index is 1290. The largest absolute Gasteiger partial charge is 0.485 e. The van der Waals surface area contributed by atoms with Gasteiger partial charge in [0.1, 0.15) is 6.61 Å². The monoisotopic (exact) mass is 494 g/mol. The molecule has 8 nitrogen and oxygen atoms in total. The molecule has 0 unspecified atom stereocenters. The lowest BCUT2D eigenvalue weighted by Crippen LogP contribution is -2.22. The van der Waals surface area contributed by atoms with E-state index >= 15 is 0 Å². The summed E-state index contributed by atoms with van der Waals surface area (Å²) in [6.45, 7) is 4.17. The van der Waals surface area contributed by atoms with Crippen LogP contribution in [0.4, 0.5) is 5.13 Å². The Hall–Kier alpha value is -3.37. The number of nitrogens with zero attached hydrogens (tertiary/aromatic N) is 3. The molecule has 0 saturated carbocycles. The zero-order valence-corrected chi connectivity index (χ0v) is 20.2.